The molecule has 6 nitrogen and oxygen atoms in total. The smallest absolute Gasteiger partial charge is 0.271 e. The van der Waals surface area contributed by atoms with Gasteiger partial charge < -0.3 is 15.2 Å². The Morgan fingerprint density at radius 1 is 1.40 bits per heavy atom. The van der Waals surface area contributed by atoms with Crippen molar-refractivity contribution in [1.82, 2.24) is 5.43 Å². The molecule has 2 aromatic carbocycles. The number of ether oxygens (including phenoxy) is 2. The molecule has 25 heavy (non-hydrogen) atoms. The third-order valence-corrected chi connectivity index (χ3v) is 3.87. The summed E-state index contributed by atoms with van der Waals surface area (Å²) < 4.78 is 11.5. The van der Waals surface area contributed by atoms with Crippen molar-refractivity contribution in [2.45, 2.75) is 26.4 Å². The summed E-state index contributed by atoms with van der Waals surface area (Å²) >= 11 is 0. The number of rotatable bonds is 5. The van der Waals surface area contributed by atoms with E-state index < -0.39 is 0 Å². The average molecular weight is 339 g/mol. The molecule has 0 spiro atoms. The fourth-order valence-electron chi connectivity index (χ4n) is 2.70. The number of hydrogen-bond donors (Lipinski definition) is 2. The predicted molar refractivity (Wildman–Crippen MR) is 97.3 cm³/mol. The molecule has 0 bridgehead atoms. The normalized spacial score (nSPS) is 15.7. The highest BCUT2D eigenvalue weighted by Gasteiger charge is 2.21. The summed E-state index contributed by atoms with van der Waals surface area (Å²) in [6.07, 6.45) is 2.58. The molecule has 1 atom stereocenters. The number of benzene rings is 2. The lowest BCUT2D eigenvalue weighted by Crippen LogP contribution is -2.17. The molecule has 1 heterocycles. The van der Waals surface area contributed by atoms with Crippen molar-refractivity contribution >= 4 is 17.8 Å². The molecule has 1 aliphatic heterocycles. The molecule has 1 aliphatic rings. The first-order valence-electron chi connectivity index (χ1n) is 8.22. The summed E-state index contributed by atoms with van der Waals surface area (Å²) in [7, 11) is 0. The first-order chi connectivity index (χ1) is 12.1. The number of amides is 1. The van der Waals surface area contributed by atoms with Gasteiger partial charge in [0.2, 0.25) is 0 Å². The van der Waals surface area contributed by atoms with Crippen LogP contribution in [0.2, 0.25) is 0 Å². The van der Waals surface area contributed by atoms with E-state index in [2.05, 4.69) is 10.5 Å². The fraction of sp³-hybridized carbons (Fsp3) is 0.263. The van der Waals surface area contributed by atoms with Crippen molar-refractivity contribution in [2.24, 2.45) is 5.10 Å². The van der Waals surface area contributed by atoms with E-state index in [1.54, 1.807) is 30.5 Å². The van der Waals surface area contributed by atoms with E-state index in [0.717, 1.165) is 29.0 Å². The molecular weight excluding hydrogens is 318 g/mol. The molecule has 6 heteroatoms. The van der Waals surface area contributed by atoms with Crippen LogP contribution in [0.4, 0.5) is 5.69 Å². The quantitative estimate of drug-likeness (QED) is 0.498. The maximum absolute atomic E-state index is 12.1. The van der Waals surface area contributed by atoms with Crippen LogP contribution in [0.1, 0.15) is 35.3 Å². The molecule has 0 aromatic heterocycles. The summed E-state index contributed by atoms with van der Waals surface area (Å²) in [5, 5.41) is 4.04. The molecule has 0 saturated heterocycles. The lowest BCUT2D eigenvalue weighted by atomic mass is 10.1. The van der Waals surface area contributed by atoms with Crippen molar-refractivity contribution in [1.29, 1.82) is 0 Å². The van der Waals surface area contributed by atoms with Crippen molar-refractivity contribution < 1.29 is 14.3 Å². The minimum absolute atomic E-state index is 0.155. The number of hydrogen-bond acceptors (Lipinski definition) is 5. The third kappa shape index (κ3) is 3.91. The van der Waals surface area contributed by atoms with Crippen LogP contribution in [-0.4, -0.2) is 24.8 Å². The SMILES string of the molecule is CCOc1cc2c(cc1/C=N\NC(=O)c1ccc(N)cc1)O[C@H](C)C2. The Hall–Kier alpha value is -3.02. The number of hydrazone groups is 1. The molecule has 0 unspecified atom stereocenters. The van der Waals surface area contributed by atoms with Crippen LogP contribution in [0.15, 0.2) is 41.5 Å². The molecule has 0 radical (unpaired) electrons. The molecule has 3 N–H and O–H groups in total. The number of nitrogens with one attached hydrogen (secondary N) is 1. The second-order valence-electron chi connectivity index (χ2n) is 5.88. The number of carbonyl (C=O) groups is 1. The third-order valence-electron chi connectivity index (χ3n) is 3.87. The molecule has 0 aliphatic carbocycles. The van der Waals surface area contributed by atoms with Gasteiger partial charge in [-0.3, -0.25) is 4.79 Å². The van der Waals surface area contributed by atoms with Crippen LogP contribution in [0.25, 0.3) is 0 Å². The maximum Gasteiger partial charge on any atom is 0.271 e. The first-order valence-corrected chi connectivity index (χ1v) is 8.22. The van der Waals surface area contributed by atoms with E-state index in [9.17, 15) is 4.79 Å². The van der Waals surface area contributed by atoms with Crippen molar-refractivity contribution in [3.63, 3.8) is 0 Å². The Bertz CT molecular complexity index is 800. The summed E-state index contributed by atoms with van der Waals surface area (Å²) in [4.78, 5) is 12.1. The summed E-state index contributed by atoms with van der Waals surface area (Å²) in [5.41, 5.74) is 11.1. The molecule has 3 rings (SSSR count). The van der Waals surface area contributed by atoms with Gasteiger partial charge in [-0.2, -0.15) is 5.10 Å². The highest BCUT2D eigenvalue weighted by Crippen LogP contribution is 2.34. The summed E-state index contributed by atoms with van der Waals surface area (Å²) in [6.45, 7) is 4.50. The second-order valence-corrected chi connectivity index (χ2v) is 5.88. The Labute approximate surface area is 146 Å². The van der Waals surface area contributed by atoms with Crippen molar-refractivity contribution in [3.8, 4) is 11.5 Å². The zero-order valence-electron chi connectivity index (χ0n) is 14.3. The predicted octanol–water partition coefficient (Wildman–Crippen LogP) is 2.75. The second kappa shape index (κ2) is 7.25. The van der Waals surface area contributed by atoms with Gasteiger partial charge in [0, 0.05) is 28.8 Å². The molecule has 0 saturated carbocycles. The summed E-state index contributed by atoms with van der Waals surface area (Å²) in [6, 6.07) is 10.5. The highest BCUT2D eigenvalue weighted by atomic mass is 16.5. The van der Waals surface area contributed by atoms with E-state index in [0.29, 0.717) is 17.9 Å². The molecule has 130 valence electrons. The van der Waals surface area contributed by atoms with Gasteiger partial charge in [-0.25, -0.2) is 5.43 Å². The number of anilines is 1. The van der Waals surface area contributed by atoms with Gasteiger partial charge in [0.15, 0.2) is 0 Å². The number of nitrogens with two attached hydrogens (primary N) is 1. The minimum Gasteiger partial charge on any atom is -0.493 e. The topological polar surface area (TPSA) is 85.9 Å². The largest absolute Gasteiger partial charge is 0.493 e. The van der Waals surface area contributed by atoms with Gasteiger partial charge in [-0.15, -0.1) is 0 Å². The van der Waals surface area contributed by atoms with Crippen LogP contribution >= 0.6 is 0 Å². The van der Waals surface area contributed by atoms with Gasteiger partial charge in [-0.05, 0) is 50.2 Å². The zero-order chi connectivity index (χ0) is 17.8. The van der Waals surface area contributed by atoms with E-state index in [1.165, 1.54) is 0 Å². The monoisotopic (exact) mass is 339 g/mol. The number of fused-ring (bicyclic) bond motifs is 1. The van der Waals surface area contributed by atoms with Gasteiger partial charge in [0.25, 0.3) is 5.91 Å². The van der Waals surface area contributed by atoms with Crippen molar-refractivity contribution in [3.05, 3.63) is 53.1 Å². The van der Waals surface area contributed by atoms with Crippen molar-refractivity contribution in [2.75, 3.05) is 12.3 Å². The van der Waals surface area contributed by atoms with Gasteiger partial charge in [0.1, 0.15) is 17.6 Å². The standard InChI is InChI=1S/C19H21N3O3/c1-3-24-17-9-14-8-12(2)25-18(14)10-15(17)11-21-22-19(23)13-4-6-16(20)7-5-13/h4-7,9-12H,3,8,20H2,1-2H3,(H,22,23)/b21-11-/t12-/m1/s1. The zero-order valence-corrected chi connectivity index (χ0v) is 14.3. The summed E-state index contributed by atoms with van der Waals surface area (Å²) in [5.74, 6) is 1.26. The number of nitrogens with zero attached hydrogens (tertiary/aromatic N) is 1. The fourth-order valence-corrected chi connectivity index (χ4v) is 2.70. The Morgan fingerprint density at radius 3 is 2.88 bits per heavy atom. The van der Waals surface area contributed by atoms with Crippen LogP contribution in [0, 0.1) is 0 Å². The van der Waals surface area contributed by atoms with E-state index in [4.69, 9.17) is 15.2 Å². The van der Waals surface area contributed by atoms with E-state index in [-0.39, 0.29) is 12.0 Å². The van der Waals surface area contributed by atoms with Crippen LogP contribution < -0.4 is 20.6 Å². The van der Waals surface area contributed by atoms with E-state index in [1.807, 2.05) is 26.0 Å². The van der Waals surface area contributed by atoms with Crippen LogP contribution in [0.3, 0.4) is 0 Å². The number of carbonyl (C=O) groups excluding carboxylic acids is 1. The van der Waals surface area contributed by atoms with Gasteiger partial charge >= 0.3 is 0 Å². The van der Waals surface area contributed by atoms with Crippen LogP contribution in [0.5, 0.6) is 11.5 Å². The first kappa shape index (κ1) is 16.8. The molecular formula is C19H21N3O3. The lowest BCUT2D eigenvalue weighted by Gasteiger charge is -2.09. The van der Waals surface area contributed by atoms with Crippen LogP contribution in [-0.2, 0) is 6.42 Å². The molecule has 1 amide bonds. The minimum atomic E-state index is -0.305. The Kier molecular flexibility index (Phi) is 4.88. The maximum atomic E-state index is 12.1. The lowest BCUT2D eigenvalue weighted by molar-refractivity contribution is 0.0955. The van der Waals surface area contributed by atoms with E-state index >= 15 is 0 Å². The molecule has 2 aromatic rings. The Balaban J connectivity index is 1.75. The highest BCUT2D eigenvalue weighted by molar-refractivity contribution is 5.95. The average Bonchev–Trinajstić information content (AvgIpc) is 2.94. The molecule has 0 fully saturated rings. The number of nitrogen functional groups attached to an aromatic ring is 1. The van der Waals surface area contributed by atoms with Gasteiger partial charge in [-0.1, -0.05) is 0 Å². The Morgan fingerprint density at radius 2 is 2.16 bits per heavy atom. The van der Waals surface area contributed by atoms with Gasteiger partial charge in [0.05, 0.1) is 12.8 Å².